The van der Waals surface area contributed by atoms with Crippen molar-refractivity contribution < 1.29 is 9.53 Å². The number of hydrogen-bond acceptors (Lipinski definition) is 4. The van der Waals surface area contributed by atoms with E-state index in [1.54, 1.807) is 11.1 Å². The fraction of sp³-hybridized carbons (Fsp3) is 0.429. The van der Waals surface area contributed by atoms with Crippen molar-refractivity contribution in [1.29, 1.82) is 0 Å². The van der Waals surface area contributed by atoms with Crippen LogP contribution in [0.1, 0.15) is 17.7 Å². The smallest absolute Gasteiger partial charge is 0.238 e. The van der Waals surface area contributed by atoms with Crippen LogP contribution in [0.15, 0.2) is 54.7 Å². The average molecular weight is 353 g/mol. The van der Waals surface area contributed by atoms with Gasteiger partial charge in [-0.2, -0.15) is 0 Å². The van der Waals surface area contributed by atoms with E-state index in [0.717, 1.165) is 44.1 Å². The molecule has 5 heteroatoms. The highest BCUT2D eigenvalue weighted by Crippen LogP contribution is 2.36. The Balaban J connectivity index is 2.03. The van der Waals surface area contributed by atoms with Crippen LogP contribution in [0.3, 0.4) is 0 Å². The summed E-state index contributed by atoms with van der Waals surface area (Å²) < 4.78 is 5.46. The minimum Gasteiger partial charge on any atom is -0.379 e. The molecule has 1 aromatic carbocycles. The van der Waals surface area contributed by atoms with Gasteiger partial charge in [-0.25, -0.2) is 0 Å². The molecule has 2 heterocycles. The van der Waals surface area contributed by atoms with Gasteiger partial charge in [0, 0.05) is 39.9 Å². The number of carbonyl (C=O) groups excluding carboxylic acids is 1. The number of benzene rings is 1. The van der Waals surface area contributed by atoms with Crippen molar-refractivity contribution in [3.05, 3.63) is 66.0 Å². The van der Waals surface area contributed by atoms with Crippen molar-refractivity contribution in [3.63, 3.8) is 0 Å². The molecule has 1 atom stereocenters. The third kappa shape index (κ3) is 3.79. The molecule has 0 saturated carbocycles. The van der Waals surface area contributed by atoms with Gasteiger partial charge in [-0.3, -0.25) is 14.7 Å². The van der Waals surface area contributed by atoms with E-state index >= 15 is 0 Å². The molecule has 1 aliphatic heterocycles. The fourth-order valence-electron chi connectivity index (χ4n) is 3.63. The van der Waals surface area contributed by atoms with E-state index in [1.807, 2.05) is 62.6 Å². The van der Waals surface area contributed by atoms with Crippen molar-refractivity contribution in [3.8, 4) is 0 Å². The lowest BCUT2D eigenvalue weighted by Gasteiger charge is -2.37. The summed E-state index contributed by atoms with van der Waals surface area (Å²) in [7, 11) is 3.63. The number of hydrogen-bond donors (Lipinski definition) is 0. The summed E-state index contributed by atoms with van der Waals surface area (Å²) in [6.07, 6.45) is 2.45. The summed E-state index contributed by atoms with van der Waals surface area (Å²) in [5, 5.41) is 0. The Bertz CT molecular complexity index is 658. The number of likely N-dealkylation sites (N-methyl/N-ethyl adjacent to an activating group) is 1. The van der Waals surface area contributed by atoms with E-state index < -0.39 is 5.41 Å². The van der Waals surface area contributed by atoms with Crippen LogP contribution in [0.4, 0.5) is 0 Å². The van der Waals surface area contributed by atoms with Gasteiger partial charge in [-0.15, -0.1) is 0 Å². The largest absolute Gasteiger partial charge is 0.379 e. The van der Waals surface area contributed by atoms with Crippen LogP contribution < -0.4 is 0 Å². The Morgan fingerprint density at radius 3 is 2.42 bits per heavy atom. The molecule has 3 rings (SSSR count). The Morgan fingerprint density at radius 1 is 1.12 bits per heavy atom. The lowest BCUT2D eigenvalue weighted by Crippen LogP contribution is -2.48. The zero-order valence-electron chi connectivity index (χ0n) is 15.6. The Morgan fingerprint density at radius 2 is 1.81 bits per heavy atom. The summed E-state index contributed by atoms with van der Waals surface area (Å²) in [4.78, 5) is 22.1. The maximum Gasteiger partial charge on any atom is 0.238 e. The zero-order valence-corrected chi connectivity index (χ0v) is 15.6. The number of aromatic nitrogens is 1. The van der Waals surface area contributed by atoms with E-state index in [-0.39, 0.29) is 5.91 Å². The number of amides is 1. The van der Waals surface area contributed by atoms with E-state index in [4.69, 9.17) is 4.74 Å². The number of morpholine rings is 1. The van der Waals surface area contributed by atoms with Crippen molar-refractivity contribution in [2.45, 2.75) is 11.8 Å². The van der Waals surface area contributed by atoms with Crippen LogP contribution in [0.25, 0.3) is 0 Å². The minimum absolute atomic E-state index is 0.0654. The number of ether oxygens (including phenoxy) is 1. The molecule has 0 spiro atoms. The molecule has 1 amide bonds. The van der Waals surface area contributed by atoms with Gasteiger partial charge in [-0.05, 0) is 24.1 Å². The van der Waals surface area contributed by atoms with E-state index in [0.29, 0.717) is 6.42 Å². The van der Waals surface area contributed by atoms with E-state index in [1.165, 1.54) is 0 Å². The molecule has 26 heavy (non-hydrogen) atoms. The normalized spacial score (nSPS) is 17.5. The second-order valence-electron chi connectivity index (χ2n) is 6.89. The van der Waals surface area contributed by atoms with Gasteiger partial charge >= 0.3 is 0 Å². The molecule has 0 bridgehead atoms. The summed E-state index contributed by atoms with van der Waals surface area (Å²) in [6, 6.07) is 15.8. The third-order valence-electron chi connectivity index (χ3n) is 5.05. The molecule has 1 aliphatic rings. The van der Waals surface area contributed by atoms with E-state index in [2.05, 4.69) is 9.88 Å². The Kier molecular flexibility index (Phi) is 6.01. The lowest BCUT2D eigenvalue weighted by molar-refractivity contribution is -0.134. The number of carbonyl (C=O) groups is 1. The monoisotopic (exact) mass is 353 g/mol. The quantitative estimate of drug-likeness (QED) is 0.799. The van der Waals surface area contributed by atoms with Crippen LogP contribution in [0.2, 0.25) is 0 Å². The van der Waals surface area contributed by atoms with Crippen LogP contribution in [0.5, 0.6) is 0 Å². The number of nitrogens with zero attached hydrogens (tertiary/aromatic N) is 3. The maximum absolute atomic E-state index is 13.5. The zero-order chi connectivity index (χ0) is 18.4. The summed E-state index contributed by atoms with van der Waals surface area (Å²) >= 11 is 0. The highest BCUT2D eigenvalue weighted by molar-refractivity contribution is 5.91. The SMILES string of the molecule is CN(C)C(=O)C(CCN1CCOCC1)(c1ccccc1)c1ccccn1. The second kappa shape index (κ2) is 8.43. The standard InChI is InChI=1S/C21H27N3O2/c1-23(2)20(25)21(18-8-4-3-5-9-18,19-10-6-7-12-22-19)11-13-24-14-16-26-17-15-24/h3-10,12H,11,13-17H2,1-2H3. The average Bonchev–Trinajstić information content (AvgIpc) is 2.70. The molecular weight excluding hydrogens is 326 g/mol. The van der Waals surface area contributed by atoms with Crippen molar-refractivity contribution in [2.24, 2.45) is 0 Å². The van der Waals surface area contributed by atoms with Crippen LogP contribution in [-0.2, 0) is 14.9 Å². The highest BCUT2D eigenvalue weighted by atomic mass is 16.5. The van der Waals surface area contributed by atoms with Crippen molar-refractivity contribution in [1.82, 2.24) is 14.8 Å². The predicted molar refractivity (Wildman–Crippen MR) is 102 cm³/mol. The molecule has 138 valence electrons. The van der Waals surface area contributed by atoms with Crippen molar-refractivity contribution in [2.75, 3.05) is 46.9 Å². The van der Waals surface area contributed by atoms with Gasteiger partial charge in [0.05, 0.1) is 18.9 Å². The number of rotatable bonds is 6. The first kappa shape index (κ1) is 18.5. The lowest BCUT2D eigenvalue weighted by atomic mass is 9.73. The Hall–Kier alpha value is -2.24. The van der Waals surface area contributed by atoms with Gasteiger partial charge in [0.2, 0.25) is 5.91 Å². The molecule has 1 saturated heterocycles. The number of pyridine rings is 1. The molecule has 1 unspecified atom stereocenters. The van der Waals surface area contributed by atoms with Crippen LogP contribution in [-0.4, -0.2) is 67.6 Å². The van der Waals surface area contributed by atoms with Gasteiger partial charge in [0.1, 0.15) is 5.41 Å². The first-order chi connectivity index (χ1) is 12.6. The molecule has 0 N–H and O–H groups in total. The topological polar surface area (TPSA) is 45.7 Å². The molecule has 2 aromatic rings. The van der Waals surface area contributed by atoms with Crippen molar-refractivity contribution >= 4 is 5.91 Å². The summed E-state index contributed by atoms with van der Waals surface area (Å²) in [5.41, 5.74) is 1.01. The highest BCUT2D eigenvalue weighted by Gasteiger charge is 2.44. The molecule has 5 nitrogen and oxygen atoms in total. The first-order valence-electron chi connectivity index (χ1n) is 9.13. The van der Waals surface area contributed by atoms with Crippen LogP contribution >= 0.6 is 0 Å². The third-order valence-corrected chi connectivity index (χ3v) is 5.05. The molecule has 1 aromatic heterocycles. The molecule has 0 radical (unpaired) electrons. The first-order valence-corrected chi connectivity index (χ1v) is 9.13. The Labute approximate surface area is 155 Å². The molecule has 1 fully saturated rings. The molecular formula is C21H27N3O2. The fourth-order valence-corrected chi connectivity index (χ4v) is 3.63. The summed E-state index contributed by atoms with van der Waals surface area (Å²) in [5.74, 6) is 0.0654. The summed E-state index contributed by atoms with van der Waals surface area (Å²) in [6.45, 7) is 4.15. The van der Waals surface area contributed by atoms with E-state index in [9.17, 15) is 4.79 Å². The van der Waals surface area contributed by atoms with Gasteiger partial charge in [0.25, 0.3) is 0 Å². The minimum atomic E-state index is -0.787. The van der Waals surface area contributed by atoms with Gasteiger partial charge in [-0.1, -0.05) is 36.4 Å². The van der Waals surface area contributed by atoms with Crippen LogP contribution in [0, 0.1) is 0 Å². The maximum atomic E-state index is 13.5. The van der Waals surface area contributed by atoms with Gasteiger partial charge in [0.15, 0.2) is 0 Å². The molecule has 0 aliphatic carbocycles. The predicted octanol–water partition coefficient (Wildman–Crippen LogP) is 2.18. The second-order valence-corrected chi connectivity index (χ2v) is 6.89. The van der Waals surface area contributed by atoms with Gasteiger partial charge < -0.3 is 9.64 Å².